The summed E-state index contributed by atoms with van der Waals surface area (Å²) >= 11 is 0. The van der Waals surface area contributed by atoms with E-state index in [1.807, 2.05) is 6.08 Å². The number of piperazine rings is 1. The van der Waals surface area contributed by atoms with Crippen LogP contribution < -0.4 is 10.6 Å². The fourth-order valence-electron chi connectivity index (χ4n) is 1.65. The van der Waals surface area contributed by atoms with Crippen LogP contribution in [0.4, 0.5) is 0 Å². The highest BCUT2D eigenvalue weighted by Crippen LogP contribution is 1.99. The molecule has 0 spiro atoms. The van der Waals surface area contributed by atoms with E-state index in [2.05, 4.69) is 29.0 Å². The van der Waals surface area contributed by atoms with Crippen LogP contribution in [-0.2, 0) is 0 Å². The Morgan fingerprint density at radius 3 is 2.85 bits per heavy atom. The first kappa shape index (κ1) is 10.7. The monoisotopic (exact) mass is 183 g/mol. The van der Waals surface area contributed by atoms with E-state index in [1.165, 1.54) is 13.1 Å². The number of hydrogen-bond donors (Lipinski definition) is 2. The number of hydrogen-bond acceptors (Lipinski definition) is 3. The Morgan fingerprint density at radius 2 is 2.23 bits per heavy atom. The van der Waals surface area contributed by atoms with Gasteiger partial charge in [-0.15, -0.1) is 6.58 Å². The van der Waals surface area contributed by atoms with Crippen molar-refractivity contribution in [3.63, 3.8) is 0 Å². The Balaban J connectivity index is 2.13. The summed E-state index contributed by atoms with van der Waals surface area (Å²) in [6.45, 7) is 12.6. The normalized spacial score (nSPS) is 21.3. The number of nitrogens with one attached hydrogen (secondary N) is 2. The van der Waals surface area contributed by atoms with E-state index in [-0.39, 0.29) is 0 Å². The Bertz CT molecular complexity index is 141. The van der Waals surface area contributed by atoms with Gasteiger partial charge in [0.2, 0.25) is 0 Å². The molecule has 1 heterocycles. The molecule has 1 unspecified atom stereocenters. The fourth-order valence-corrected chi connectivity index (χ4v) is 1.65. The van der Waals surface area contributed by atoms with E-state index in [9.17, 15) is 0 Å². The van der Waals surface area contributed by atoms with Gasteiger partial charge in [-0.25, -0.2) is 0 Å². The van der Waals surface area contributed by atoms with Crippen LogP contribution >= 0.6 is 0 Å². The topological polar surface area (TPSA) is 27.3 Å². The molecule has 1 aliphatic heterocycles. The zero-order valence-corrected chi connectivity index (χ0v) is 8.55. The third kappa shape index (κ3) is 3.89. The van der Waals surface area contributed by atoms with Crippen molar-refractivity contribution in [2.45, 2.75) is 13.0 Å². The van der Waals surface area contributed by atoms with E-state index in [1.54, 1.807) is 0 Å². The molecule has 0 saturated carbocycles. The van der Waals surface area contributed by atoms with Gasteiger partial charge >= 0.3 is 0 Å². The molecule has 3 heteroatoms. The van der Waals surface area contributed by atoms with E-state index in [4.69, 9.17) is 0 Å². The summed E-state index contributed by atoms with van der Waals surface area (Å²) in [6.07, 6.45) is 1.91. The summed E-state index contributed by atoms with van der Waals surface area (Å²) in [5, 5.41) is 6.71. The van der Waals surface area contributed by atoms with Crippen molar-refractivity contribution in [1.29, 1.82) is 0 Å². The van der Waals surface area contributed by atoms with E-state index >= 15 is 0 Å². The van der Waals surface area contributed by atoms with Crippen LogP contribution in [0.3, 0.4) is 0 Å². The van der Waals surface area contributed by atoms with Crippen molar-refractivity contribution in [2.24, 2.45) is 0 Å². The van der Waals surface area contributed by atoms with Gasteiger partial charge in [-0.05, 0) is 6.92 Å². The molecule has 0 radical (unpaired) electrons. The average Bonchev–Trinajstić information content (AvgIpc) is 2.19. The van der Waals surface area contributed by atoms with Gasteiger partial charge in [0.05, 0.1) is 0 Å². The number of rotatable bonds is 5. The smallest absolute Gasteiger partial charge is 0.0193 e. The molecule has 1 atom stereocenters. The lowest BCUT2D eigenvalue weighted by molar-refractivity contribution is 0.182. The quantitative estimate of drug-likeness (QED) is 0.466. The molecule has 0 amide bonds. The van der Waals surface area contributed by atoms with E-state index in [0.29, 0.717) is 6.04 Å². The molecule has 0 aliphatic carbocycles. The van der Waals surface area contributed by atoms with Gasteiger partial charge in [0, 0.05) is 45.3 Å². The highest BCUT2D eigenvalue weighted by molar-refractivity contribution is 4.77. The molecule has 1 saturated heterocycles. The van der Waals surface area contributed by atoms with Gasteiger partial charge in [0.15, 0.2) is 0 Å². The summed E-state index contributed by atoms with van der Waals surface area (Å²) in [5.74, 6) is 0. The summed E-state index contributed by atoms with van der Waals surface area (Å²) in [5.41, 5.74) is 0. The molecule has 0 bridgehead atoms. The van der Waals surface area contributed by atoms with Crippen LogP contribution in [-0.4, -0.2) is 50.2 Å². The summed E-state index contributed by atoms with van der Waals surface area (Å²) in [4.78, 5) is 2.52. The molecule has 76 valence electrons. The second-order valence-electron chi connectivity index (χ2n) is 3.58. The Hall–Kier alpha value is -0.380. The van der Waals surface area contributed by atoms with Gasteiger partial charge in [-0.2, -0.15) is 0 Å². The first-order valence-electron chi connectivity index (χ1n) is 5.11. The zero-order valence-electron chi connectivity index (χ0n) is 8.55. The van der Waals surface area contributed by atoms with Crippen molar-refractivity contribution in [2.75, 3.05) is 39.3 Å². The van der Waals surface area contributed by atoms with Gasteiger partial charge in [0.1, 0.15) is 0 Å². The minimum atomic E-state index is 0.641. The highest BCUT2D eigenvalue weighted by atomic mass is 15.2. The molecule has 1 rings (SSSR count). The SMILES string of the molecule is C=CCNCC(C)N1CCNCC1. The van der Waals surface area contributed by atoms with Crippen molar-refractivity contribution in [3.8, 4) is 0 Å². The lowest BCUT2D eigenvalue weighted by atomic mass is 10.2. The first-order valence-corrected chi connectivity index (χ1v) is 5.11. The van der Waals surface area contributed by atoms with Crippen LogP contribution in [0.2, 0.25) is 0 Å². The zero-order chi connectivity index (χ0) is 9.52. The minimum absolute atomic E-state index is 0.641. The molecular formula is C10H21N3. The number of nitrogens with zero attached hydrogens (tertiary/aromatic N) is 1. The van der Waals surface area contributed by atoms with Gasteiger partial charge in [0.25, 0.3) is 0 Å². The lowest BCUT2D eigenvalue weighted by Gasteiger charge is -2.32. The molecule has 0 aromatic heterocycles. The second-order valence-corrected chi connectivity index (χ2v) is 3.58. The Labute approximate surface area is 81.2 Å². The van der Waals surface area contributed by atoms with Crippen LogP contribution in [0.25, 0.3) is 0 Å². The van der Waals surface area contributed by atoms with Crippen LogP contribution in [0, 0.1) is 0 Å². The van der Waals surface area contributed by atoms with Gasteiger partial charge < -0.3 is 10.6 Å². The lowest BCUT2D eigenvalue weighted by Crippen LogP contribution is -2.50. The van der Waals surface area contributed by atoms with Crippen LogP contribution in [0.15, 0.2) is 12.7 Å². The van der Waals surface area contributed by atoms with Crippen LogP contribution in [0.5, 0.6) is 0 Å². The molecule has 1 fully saturated rings. The predicted octanol–water partition coefficient (Wildman–Crippen LogP) is 0.0557. The predicted molar refractivity (Wildman–Crippen MR) is 57.0 cm³/mol. The third-order valence-corrected chi connectivity index (χ3v) is 2.50. The average molecular weight is 183 g/mol. The van der Waals surface area contributed by atoms with Gasteiger partial charge in [-0.1, -0.05) is 6.08 Å². The second kappa shape index (κ2) is 6.13. The minimum Gasteiger partial charge on any atom is -0.314 e. The molecular weight excluding hydrogens is 162 g/mol. The molecule has 13 heavy (non-hydrogen) atoms. The summed E-state index contributed by atoms with van der Waals surface area (Å²) in [6, 6.07) is 0.641. The van der Waals surface area contributed by atoms with Crippen LogP contribution in [0.1, 0.15) is 6.92 Å². The van der Waals surface area contributed by atoms with Crippen molar-refractivity contribution in [3.05, 3.63) is 12.7 Å². The van der Waals surface area contributed by atoms with Crippen molar-refractivity contribution >= 4 is 0 Å². The maximum absolute atomic E-state index is 3.68. The maximum Gasteiger partial charge on any atom is 0.0193 e. The maximum atomic E-state index is 3.68. The fraction of sp³-hybridized carbons (Fsp3) is 0.800. The largest absolute Gasteiger partial charge is 0.314 e. The Morgan fingerprint density at radius 1 is 1.54 bits per heavy atom. The molecule has 3 nitrogen and oxygen atoms in total. The van der Waals surface area contributed by atoms with Crippen molar-refractivity contribution < 1.29 is 0 Å². The van der Waals surface area contributed by atoms with E-state index < -0.39 is 0 Å². The third-order valence-electron chi connectivity index (χ3n) is 2.50. The molecule has 0 aromatic rings. The Kier molecular flexibility index (Phi) is 5.05. The van der Waals surface area contributed by atoms with Gasteiger partial charge in [-0.3, -0.25) is 4.90 Å². The standard InChI is InChI=1S/C10H21N3/c1-3-4-12-9-10(2)13-7-5-11-6-8-13/h3,10-12H,1,4-9H2,2H3. The molecule has 2 N–H and O–H groups in total. The van der Waals surface area contributed by atoms with E-state index in [0.717, 1.165) is 26.2 Å². The first-order chi connectivity index (χ1) is 6.34. The summed E-state index contributed by atoms with van der Waals surface area (Å²) in [7, 11) is 0. The summed E-state index contributed by atoms with van der Waals surface area (Å²) < 4.78 is 0. The highest BCUT2D eigenvalue weighted by Gasteiger charge is 2.14. The molecule has 1 aliphatic rings. The molecule has 0 aromatic carbocycles. The van der Waals surface area contributed by atoms with Crippen molar-refractivity contribution in [1.82, 2.24) is 15.5 Å².